The number of aliphatic hydroxyl groups is 2. The van der Waals surface area contributed by atoms with Crippen LogP contribution in [0.25, 0.3) is 0 Å². The quantitative estimate of drug-likeness (QED) is 0.595. The Morgan fingerprint density at radius 1 is 1.50 bits per heavy atom. The van der Waals surface area contributed by atoms with Gasteiger partial charge in [0.25, 0.3) is 0 Å². The molecule has 0 spiro atoms. The molecule has 1 unspecified atom stereocenters. The first-order valence-corrected chi connectivity index (χ1v) is 3.10. The van der Waals surface area contributed by atoms with E-state index < -0.39 is 12.2 Å². The Labute approximate surface area is 85.6 Å². The van der Waals surface area contributed by atoms with Crippen LogP contribution in [0.5, 0.6) is 0 Å². The molecular weight excluding hydrogens is 209 g/mol. The third-order valence-corrected chi connectivity index (χ3v) is 1.53. The van der Waals surface area contributed by atoms with Crippen molar-refractivity contribution in [1.82, 2.24) is 0 Å². The molecule has 0 aromatic rings. The maximum absolute atomic E-state index is 9.05. The Morgan fingerprint density at radius 3 is 2.30 bits per heavy atom. The number of aliphatic hydroxyl groups excluding tert-OH is 2. The fraction of sp³-hybridized carbons (Fsp3) is 0.833. The first kappa shape index (κ1) is 11.0. The van der Waals surface area contributed by atoms with Gasteiger partial charge in [-0.15, -0.1) is 0 Å². The molecule has 4 heteroatoms. The monoisotopic (exact) mass is 220 g/mol. The van der Waals surface area contributed by atoms with Gasteiger partial charge in [-0.25, -0.2) is 0 Å². The van der Waals surface area contributed by atoms with Gasteiger partial charge in [-0.1, -0.05) is 6.92 Å². The zero-order chi connectivity index (χ0) is 6.85. The van der Waals surface area contributed by atoms with Gasteiger partial charge in [-0.05, 0) is 12.5 Å². The fourth-order valence-electron chi connectivity index (χ4n) is 0.900. The molecule has 0 aliphatic carbocycles. The molecule has 1 saturated heterocycles. The summed E-state index contributed by atoms with van der Waals surface area (Å²) in [6, 6.07) is 0. The Hall–Kier alpha value is 0.984. The van der Waals surface area contributed by atoms with Crippen molar-refractivity contribution in [3.05, 3.63) is 6.61 Å². The summed E-state index contributed by atoms with van der Waals surface area (Å²) in [5.41, 5.74) is 0. The van der Waals surface area contributed by atoms with E-state index in [9.17, 15) is 0 Å². The largest absolute Gasteiger partial charge is 0.545 e. The van der Waals surface area contributed by atoms with Crippen LogP contribution in [0.4, 0.5) is 0 Å². The summed E-state index contributed by atoms with van der Waals surface area (Å²) in [6.45, 7) is 3.18. The summed E-state index contributed by atoms with van der Waals surface area (Å²) in [7, 11) is 0. The SMILES string of the molecule is CC[C@H]1O[CH-]C(O)[C@H]1O.[Y]. The molecule has 0 bridgehead atoms. The molecule has 0 aromatic heterocycles. The van der Waals surface area contributed by atoms with E-state index >= 15 is 0 Å². The van der Waals surface area contributed by atoms with E-state index in [-0.39, 0.29) is 38.8 Å². The van der Waals surface area contributed by atoms with Gasteiger partial charge in [0.05, 0.1) is 6.10 Å². The summed E-state index contributed by atoms with van der Waals surface area (Å²) < 4.78 is 4.90. The van der Waals surface area contributed by atoms with Gasteiger partial charge in [0.2, 0.25) is 0 Å². The summed E-state index contributed by atoms with van der Waals surface area (Å²) in [5.74, 6) is 0. The molecule has 3 atom stereocenters. The van der Waals surface area contributed by atoms with Crippen LogP contribution in [-0.2, 0) is 37.4 Å². The number of rotatable bonds is 1. The molecule has 10 heavy (non-hydrogen) atoms. The van der Waals surface area contributed by atoms with Crippen molar-refractivity contribution >= 4 is 0 Å². The van der Waals surface area contributed by atoms with Crippen LogP contribution in [0.2, 0.25) is 0 Å². The molecule has 2 N–H and O–H groups in total. The second kappa shape index (κ2) is 4.78. The molecule has 3 nitrogen and oxygen atoms in total. The number of hydrogen-bond acceptors (Lipinski definition) is 3. The van der Waals surface area contributed by atoms with Crippen LogP contribution in [0, 0.1) is 6.61 Å². The van der Waals surface area contributed by atoms with Crippen molar-refractivity contribution < 1.29 is 47.7 Å². The van der Waals surface area contributed by atoms with Crippen LogP contribution in [0.1, 0.15) is 13.3 Å². The third kappa shape index (κ3) is 2.24. The molecular formula is C6H11O3Y-. The van der Waals surface area contributed by atoms with Crippen molar-refractivity contribution in [2.75, 3.05) is 0 Å². The van der Waals surface area contributed by atoms with E-state index in [1.54, 1.807) is 0 Å². The standard InChI is InChI=1S/C6H11O3.Y/c1-2-5-6(8)4(7)3-9-5;/h3-8H,2H2,1H3;/q-1;/t4?,5-,6-;/m1./s1. The first-order valence-electron chi connectivity index (χ1n) is 3.10. The predicted octanol–water partition coefficient (Wildman–Crippen LogP) is -0.324. The average Bonchev–Trinajstić information content (AvgIpc) is 2.15. The molecule has 1 rings (SSSR count). The number of hydrogen-bond donors (Lipinski definition) is 2. The van der Waals surface area contributed by atoms with Crippen molar-refractivity contribution in [2.45, 2.75) is 31.7 Å². The minimum Gasteiger partial charge on any atom is -0.545 e. The van der Waals surface area contributed by atoms with Crippen molar-refractivity contribution in [2.24, 2.45) is 0 Å². The van der Waals surface area contributed by atoms with Gasteiger partial charge in [0.1, 0.15) is 0 Å². The summed E-state index contributed by atoms with van der Waals surface area (Å²) >= 11 is 0. The molecule has 0 amide bonds. The van der Waals surface area contributed by atoms with E-state index in [0.29, 0.717) is 0 Å². The maximum atomic E-state index is 9.05. The minimum atomic E-state index is -0.796. The van der Waals surface area contributed by atoms with E-state index in [1.807, 2.05) is 6.92 Å². The van der Waals surface area contributed by atoms with Crippen molar-refractivity contribution in [3.8, 4) is 0 Å². The second-order valence-corrected chi connectivity index (χ2v) is 2.20. The average molecular weight is 220 g/mol. The Kier molecular flexibility index (Phi) is 5.25. The third-order valence-electron chi connectivity index (χ3n) is 1.53. The van der Waals surface area contributed by atoms with Gasteiger partial charge in [0.15, 0.2) is 0 Å². The van der Waals surface area contributed by atoms with Crippen LogP contribution in [0.15, 0.2) is 0 Å². The molecule has 1 radical (unpaired) electrons. The summed E-state index contributed by atoms with van der Waals surface area (Å²) in [5, 5.41) is 17.9. The van der Waals surface area contributed by atoms with Crippen LogP contribution in [0.3, 0.4) is 0 Å². The maximum Gasteiger partial charge on any atom is 0.0771 e. The zero-order valence-electron chi connectivity index (χ0n) is 5.90. The summed E-state index contributed by atoms with van der Waals surface area (Å²) in [4.78, 5) is 0. The first-order chi connectivity index (χ1) is 4.25. The Bertz CT molecular complexity index is 99.0. The second-order valence-electron chi connectivity index (χ2n) is 2.20. The van der Waals surface area contributed by atoms with Crippen molar-refractivity contribution in [3.63, 3.8) is 0 Å². The smallest absolute Gasteiger partial charge is 0.0771 e. The molecule has 1 aliphatic rings. The van der Waals surface area contributed by atoms with Crippen molar-refractivity contribution in [1.29, 1.82) is 0 Å². The molecule has 1 heterocycles. The predicted molar refractivity (Wildman–Crippen MR) is 31.5 cm³/mol. The van der Waals surface area contributed by atoms with Gasteiger partial charge >= 0.3 is 0 Å². The number of ether oxygens (including phenoxy) is 1. The molecule has 0 saturated carbocycles. The molecule has 1 fully saturated rings. The van der Waals surface area contributed by atoms with Crippen LogP contribution in [-0.4, -0.2) is 28.5 Å². The minimum absolute atomic E-state index is 0. The topological polar surface area (TPSA) is 49.7 Å². The zero-order valence-corrected chi connectivity index (χ0v) is 8.73. The van der Waals surface area contributed by atoms with E-state index in [2.05, 4.69) is 0 Å². The Balaban J connectivity index is 0.000000810. The molecule has 57 valence electrons. The normalized spacial score (nSPS) is 39.3. The molecule has 1 aliphatic heterocycles. The summed E-state index contributed by atoms with van der Waals surface area (Å²) in [6.07, 6.45) is -1.00. The van der Waals surface area contributed by atoms with Gasteiger partial charge in [0, 0.05) is 38.8 Å². The molecule has 0 aromatic carbocycles. The van der Waals surface area contributed by atoms with Gasteiger partial charge < -0.3 is 14.9 Å². The fourth-order valence-corrected chi connectivity index (χ4v) is 0.900. The van der Waals surface area contributed by atoms with E-state index in [4.69, 9.17) is 14.9 Å². The van der Waals surface area contributed by atoms with Crippen LogP contribution < -0.4 is 0 Å². The van der Waals surface area contributed by atoms with E-state index in [0.717, 1.165) is 6.42 Å². The van der Waals surface area contributed by atoms with Gasteiger partial charge in [-0.3, -0.25) is 0 Å². The van der Waals surface area contributed by atoms with E-state index in [1.165, 1.54) is 6.61 Å². The Morgan fingerprint density at radius 2 is 2.10 bits per heavy atom. The van der Waals surface area contributed by atoms with Gasteiger partial charge in [-0.2, -0.15) is 6.61 Å². The van der Waals surface area contributed by atoms with Crippen LogP contribution >= 0.6 is 0 Å².